The normalized spacial score (nSPS) is 34.1. The Balaban J connectivity index is 1.37. The van der Waals surface area contributed by atoms with Gasteiger partial charge in [-0.3, -0.25) is 14.7 Å². The van der Waals surface area contributed by atoms with Crippen LogP contribution in [0.3, 0.4) is 0 Å². The first-order valence-electron chi connectivity index (χ1n) is 12.0. The lowest BCUT2D eigenvalue weighted by atomic mass is 9.61. The minimum Gasteiger partial charge on any atom is -0.417 e. The molecule has 8 nitrogen and oxygen atoms in total. The van der Waals surface area contributed by atoms with E-state index in [1.165, 1.54) is 18.4 Å². The second-order valence-corrected chi connectivity index (χ2v) is 9.74. The van der Waals surface area contributed by atoms with Gasteiger partial charge in [-0.1, -0.05) is 6.08 Å². The summed E-state index contributed by atoms with van der Waals surface area (Å²) in [5.41, 5.74) is -3.28. The van der Waals surface area contributed by atoms with Crippen molar-refractivity contribution in [3.05, 3.63) is 35.6 Å². The number of piperidine rings is 1. The standard InChI is InChI=1S/C24H25F4N5O3/c25-23(14-29)17(22(18-4-2-12-35-18)8-1-3-16(34)13-22)5-9-30-20(23)33-10-6-15(7-11-33)19-31-32-21(36-19)24(26,27)28/h1,3,5,9,15,18,20H,2,4,6-8,10-13H2. The van der Waals surface area contributed by atoms with Crippen molar-refractivity contribution in [2.75, 3.05) is 19.7 Å². The van der Waals surface area contributed by atoms with Gasteiger partial charge >= 0.3 is 12.1 Å². The Bertz CT molecular complexity index is 1140. The van der Waals surface area contributed by atoms with Crippen LogP contribution in [0.5, 0.6) is 0 Å². The summed E-state index contributed by atoms with van der Waals surface area (Å²) < 4.78 is 66.1. The zero-order valence-corrected chi connectivity index (χ0v) is 19.4. The Labute approximate surface area is 204 Å². The summed E-state index contributed by atoms with van der Waals surface area (Å²) in [6.45, 7) is 1.05. The second kappa shape index (κ2) is 9.19. The van der Waals surface area contributed by atoms with E-state index in [0.717, 1.165) is 6.42 Å². The fourth-order valence-electron chi connectivity index (χ4n) is 5.94. The molecular weight excluding hydrogens is 482 g/mol. The van der Waals surface area contributed by atoms with E-state index in [1.54, 1.807) is 11.0 Å². The van der Waals surface area contributed by atoms with Crippen LogP contribution < -0.4 is 0 Å². The number of ketones is 1. The van der Waals surface area contributed by atoms with Crippen LogP contribution in [-0.4, -0.2) is 64.7 Å². The molecule has 5 rings (SSSR count). The predicted octanol–water partition coefficient (Wildman–Crippen LogP) is 3.92. The maximum absolute atomic E-state index is 16.8. The zero-order chi connectivity index (χ0) is 25.6. The molecule has 0 amide bonds. The zero-order valence-electron chi connectivity index (χ0n) is 19.4. The number of dihydropyridines is 1. The van der Waals surface area contributed by atoms with E-state index in [1.807, 2.05) is 6.07 Å². The highest BCUT2D eigenvalue weighted by atomic mass is 19.4. The number of carbonyl (C=O) groups excluding carboxylic acids is 1. The van der Waals surface area contributed by atoms with Gasteiger partial charge in [0.25, 0.3) is 5.67 Å². The molecule has 0 aromatic carbocycles. The SMILES string of the molecule is N#CC1(F)C(C2(C3CCCO3)CC=CC(=O)C2)=CC=NC1N1CCC(c2nnc(C(F)(F)F)o2)CC1. The molecule has 4 heterocycles. The van der Waals surface area contributed by atoms with Crippen molar-refractivity contribution in [3.63, 3.8) is 0 Å². The van der Waals surface area contributed by atoms with Crippen LogP contribution in [0.1, 0.15) is 56.2 Å². The quantitative estimate of drug-likeness (QED) is 0.569. The van der Waals surface area contributed by atoms with E-state index >= 15 is 4.39 Å². The number of aromatic nitrogens is 2. The van der Waals surface area contributed by atoms with Gasteiger partial charge in [-0.2, -0.15) is 18.4 Å². The summed E-state index contributed by atoms with van der Waals surface area (Å²) in [5, 5.41) is 16.8. The number of hydrogen-bond donors (Lipinski definition) is 0. The number of likely N-dealkylation sites (tertiary alicyclic amines) is 1. The summed E-state index contributed by atoms with van der Waals surface area (Å²) in [4.78, 5) is 18.5. The van der Waals surface area contributed by atoms with E-state index in [4.69, 9.17) is 9.15 Å². The van der Waals surface area contributed by atoms with Crippen molar-refractivity contribution >= 4 is 12.0 Å². The molecule has 1 aromatic rings. The van der Waals surface area contributed by atoms with Crippen LogP contribution in [0.2, 0.25) is 0 Å². The largest absolute Gasteiger partial charge is 0.470 e. The number of nitrogens with zero attached hydrogens (tertiary/aromatic N) is 5. The number of ether oxygens (including phenoxy) is 1. The van der Waals surface area contributed by atoms with Crippen molar-refractivity contribution in [3.8, 4) is 6.07 Å². The molecule has 12 heteroatoms. The number of alkyl halides is 4. The molecule has 0 radical (unpaired) electrons. The molecule has 0 bridgehead atoms. The first-order valence-corrected chi connectivity index (χ1v) is 12.0. The first kappa shape index (κ1) is 24.8. The molecular formula is C24H25F4N5O3. The fourth-order valence-corrected chi connectivity index (χ4v) is 5.94. The minimum atomic E-state index is -4.72. The monoisotopic (exact) mass is 507 g/mol. The van der Waals surface area contributed by atoms with Gasteiger partial charge in [0.1, 0.15) is 6.07 Å². The molecule has 36 heavy (non-hydrogen) atoms. The molecule has 0 N–H and O–H groups in total. The second-order valence-electron chi connectivity index (χ2n) is 9.74. The van der Waals surface area contributed by atoms with Crippen molar-refractivity contribution < 1.29 is 31.5 Å². The van der Waals surface area contributed by atoms with Crippen molar-refractivity contribution in [2.24, 2.45) is 10.4 Å². The highest BCUT2D eigenvalue weighted by Gasteiger charge is 2.58. The predicted molar refractivity (Wildman–Crippen MR) is 117 cm³/mol. The molecule has 4 atom stereocenters. The molecule has 1 aromatic heterocycles. The third kappa shape index (κ3) is 4.18. The first-order chi connectivity index (χ1) is 17.2. The Morgan fingerprint density at radius 2 is 1.97 bits per heavy atom. The van der Waals surface area contributed by atoms with Crippen LogP contribution in [0, 0.1) is 16.7 Å². The molecule has 0 spiro atoms. The van der Waals surface area contributed by atoms with Crippen molar-refractivity contribution in [1.82, 2.24) is 15.1 Å². The Morgan fingerprint density at radius 1 is 1.19 bits per heavy atom. The van der Waals surface area contributed by atoms with Crippen LogP contribution in [-0.2, 0) is 15.7 Å². The van der Waals surface area contributed by atoms with E-state index < -0.39 is 35.2 Å². The molecule has 4 aliphatic rings. The molecule has 192 valence electrons. The van der Waals surface area contributed by atoms with Gasteiger partial charge < -0.3 is 9.15 Å². The number of nitriles is 1. The maximum Gasteiger partial charge on any atom is 0.470 e. The van der Waals surface area contributed by atoms with Crippen molar-refractivity contribution in [1.29, 1.82) is 5.26 Å². The van der Waals surface area contributed by atoms with Crippen LogP contribution in [0.4, 0.5) is 17.6 Å². The average Bonchev–Trinajstić information content (AvgIpc) is 3.57. The van der Waals surface area contributed by atoms with Crippen LogP contribution in [0.15, 0.2) is 33.2 Å². The van der Waals surface area contributed by atoms with Gasteiger partial charge in [-0.05, 0) is 49.8 Å². The molecule has 2 saturated heterocycles. The number of carbonyl (C=O) groups is 1. The summed E-state index contributed by atoms with van der Waals surface area (Å²) in [7, 11) is 0. The van der Waals surface area contributed by atoms with Crippen LogP contribution in [0.25, 0.3) is 0 Å². The third-order valence-corrected chi connectivity index (χ3v) is 7.64. The third-order valence-electron chi connectivity index (χ3n) is 7.64. The number of rotatable bonds is 4. The Morgan fingerprint density at radius 3 is 2.58 bits per heavy atom. The number of aliphatic imine (C=N–C) groups is 1. The number of hydrogen-bond acceptors (Lipinski definition) is 8. The smallest absolute Gasteiger partial charge is 0.417 e. The Hall–Kier alpha value is -2.91. The van der Waals surface area contributed by atoms with Crippen LogP contribution >= 0.6 is 0 Å². The van der Waals surface area contributed by atoms with Gasteiger partial charge in [0.2, 0.25) is 5.89 Å². The number of halogens is 4. The summed E-state index contributed by atoms with van der Waals surface area (Å²) in [6.07, 6.45) is 2.49. The van der Waals surface area contributed by atoms with E-state index in [9.17, 15) is 23.2 Å². The van der Waals surface area contributed by atoms with E-state index in [0.29, 0.717) is 32.3 Å². The van der Waals surface area contributed by atoms with Gasteiger partial charge in [0.05, 0.1) is 6.10 Å². The van der Waals surface area contributed by atoms with Gasteiger partial charge in [-0.15, -0.1) is 10.2 Å². The lowest BCUT2D eigenvalue weighted by Gasteiger charge is -2.48. The van der Waals surface area contributed by atoms with E-state index in [2.05, 4.69) is 15.2 Å². The molecule has 2 fully saturated rings. The summed E-state index contributed by atoms with van der Waals surface area (Å²) >= 11 is 0. The highest BCUT2D eigenvalue weighted by molar-refractivity contribution is 5.92. The van der Waals surface area contributed by atoms with Gasteiger partial charge in [0, 0.05) is 43.7 Å². The maximum atomic E-state index is 16.8. The van der Waals surface area contributed by atoms with Crippen molar-refractivity contribution in [2.45, 2.75) is 68.6 Å². The van der Waals surface area contributed by atoms with Gasteiger partial charge in [-0.25, -0.2) is 4.39 Å². The Kier molecular flexibility index (Phi) is 6.32. The molecule has 3 aliphatic heterocycles. The lowest BCUT2D eigenvalue weighted by molar-refractivity contribution is -0.157. The summed E-state index contributed by atoms with van der Waals surface area (Å²) in [6, 6.07) is 1.85. The minimum absolute atomic E-state index is 0.0503. The fraction of sp³-hybridized carbons (Fsp3) is 0.625. The topological polar surface area (TPSA) is 105 Å². The van der Waals surface area contributed by atoms with Gasteiger partial charge in [0.15, 0.2) is 11.9 Å². The lowest BCUT2D eigenvalue weighted by Crippen LogP contribution is -2.57. The highest BCUT2D eigenvalue weighted by Crippen LogP contribution is 2.53. The average molecular weight is 507 g/mol. The van der Waals surface area contributed by atoms with E-state index in [-0.39, 0.29) is 42.9 Å². The number of allylic oxidation sites excluding steroid dienone is 3. The molecule has 0 saturated carbocycles. The molecule has 4 unspecified atom stereocenters. The molecule has 1 aliphatic carbocycles. The summed E-state index contributed by atoms with van der Waals surface area (Å²) in [5.74, 6) is -2.06.